The quantitative estimate of drug-likeness (QED) is 0.707. The SMILES string of the molecule is CC(C)(C)c1cc(NC(=O)NCc2ccc(CN)cc2)cc(C(C)(C)C)c1. The molecule has 0 radical (unpaired) electrons. The molecule has 0 heterocycles. The van der Waals surface area contributed by atoms with Crippen LogP contribution in [0, 0.1) is 0 Å². The average molecular weight is 368 g/mol. The fourth-order valence-corrected chi connectivity index (χ4v) is 2.72. The Morgan fingerprint density at radius 3 is 1.78 bits per heavy atom. The molecule has 2 aromatic rings. The molecule has 0 fully saturated rings. The number of rotatable bonds is 4. The molecule has 0 unspecified atom stereocenters. The molecule has 2 aromatic carbocycles. The van der Waals surface area contributed by atoms with Gasteiger partial charge in [-0.2, -0.15) is 0 Å². The van der Waals surface area contributed by atoms with Crippen molar-refractivity contribution in [3.63, 3.8) is 0 Å². The Morgan fingerprint density at radius 1 is 0.852 bits per heavy atom. The highest BCUT2D eigenvalue weighted by Crippen LogP contribution is 2.32. The Morgan fingerprint density at radius 2 is 1.33 bits per heavy atom. The normalized spacial score (nSPS) is 12.0. The molecule has 0 bridgehead atoms. The number of hydrogen-bond donors (Lipinski definition) is 3. The molecule has 0 aliphatic rings. The van der Waals surface area contributed by atoms with Gasteiger partial charge in [-0.05, 0) is 45.2 Å². The second-order valence-electron chi connectivity index (χ2n) is 9.13. The summed E-state index contributed by atoms with van der Waals surface area (Å²) in [4.78, 5) is 12.4. The van der Waals surface area contributed by atoms with E-state index in [-0.39, 0.29) is 16.9 Å². The van der Waals surface area contributed by atoms with Crippen LogP contribution in [0.2, 0.25) is 0 Å². The molecule has 2 amide bonds. The molecule has 0 spiro atoms. The lowest BCUT2D eigenvalue weighted by Crippen LogP contribution is -2.28. The molecule has 0 aromatic heterocycles. The minimum atomic E-state index is -0.205. The average Bonchev–Trinajstić information content (AvgIpc) is 2.58. The summed E-state index contributed by atoms with van der Waals surface area (Å²) in [6, 6.07) is 14.1. The van der Waals surface area contributed by atoms with Crippen LogP contribution < -0.4 is 16.4 Å². The van der Waals surface area contributed by atoms with Crippen molar-refractivity contribution in [2.75, 3.05) is 5.32 Å². The van der Waals surface area contributed by atoms with Gasteiger partial charge in [-0.3, -0.25) is 0 Å². The summed E-state index contributed by atoms with van der Waals surface area (Å²) in [7, 11) is 0. The number of amides is 2. The number of nitrogens with one attached hydrogen (secondary N) is 2. The van der Waals surface area contributed by atoms with Crippen molar-refractivity contribution in [2.24, 2.45) is 5.73 Å². The molecular formula is C23H33N3O. The van der Waals surface area contributed by atoms with Crippen molar-refractivity contribution in [3.8, 4) is 0 Å². The highest BCUT2D eigenvalue weighted by molar-refractivity contribution is 5.89. The molecule has 0 saturated heterocycles. The lowest BCUT2D eigenvalue weighted by Gasteiger charge is -2.26. The van der Waals surface area contributed by atoms with Crippen molar-refractivity contribution < 1.29 is 4.79 Å². The topological polar surface area (TPSA) is 67.2 Å². The van der Waals surface area contributed by atoms with E-state index in [1.165, 1.54) is 11.1 Å². The van der Waals surface area contributed by atoms with Gasteiger partial charge in [-0.25, -0.2) is 4.79 Å². The first-order valence-electron chi connectivity index (χ1n) is 9.48. The molecule has 0 aliphatic carbocycles. The summed E-state index contributed by atoms with van der Waals surface area (Å²) < 4.78 is 0. The number of hydrogen-bond acceptors (Lipinski definition) is 2. The lowest BCUT2D eigenvalue weighted by atomic mass is 9.80. The van der Waals surface area contributed by atoms with Gasteiger partial charge >= 0.3 is 6.03 Å². The van der Waals surface area contributed by atoms with Crippen LogP contribution in [0.1, 0.15) is 63.8 Å². The van der Waals surface area contributed by atoms with Gasteiger partial charge in [-0.1, -0.05) is 71.9 Å². The van der Waals surface area contributed by atoms with Crippen molar-refractivity contribution >= 4 is 11.7 Å². The maximum absolute atomic E-state index is 12.4. The summed E-state index contributed by atoms with van der Waals surface area (Å²) in [5.74, 6) is 0. The van der Waals surface area contributed by atoms with E-state index in [4.69, 9.17) is 5.73 Å². The zero-order valence-electron chi connectivity index (χ0n) is 17.4. The third-order valence-electron chi connectivity index (χ3n) is 4.63. The first-order chi connectivity index (χ1) is 12.5. The number of urea groups is 1. The molecule has 0 atom stereocenters. The zero-order valence-corrected chi connectivity index (χ0v) is 17.4. The first-order valence-corrected chi connectivity index (χ1v) is 9.48. The summed E-state index contributed by atoms with van der Waals surface area (Å²) in [6.45, 7) is 14.1. The smallest absolute Gasteiger partial charge is 0.319 e. The van der Waals surface area contributed by atoms with Gasteiger partial charge in [0.2, 0.25) is 0 Å². The number of benzene rings is 2. The third-order valence-corrected chi connectivity index (χ3v) is 4.63. The molecule has 146 valence electrons. The molecule has 0 aliphatic heterocycles. The van der Waals surface area contributed by atoms with E-state index in [1.807, 2.05) is 24.3 Å². The Bertz CT molecular complexity index is 749. The van der Waals surface area contributed by atoms with E-state index in [2.05, 4.69) is 70.4 Å². The standard InChI is InChI=1S/C23H33N3O/c1-22(2,3)18-11-19(23(4,5)6)13-20(12-18)26-21(27)25-15-17-9-7-16(14-24)8-10-17/h7-13H,14-15,24H2,1-6H3,(H2,25,26,27). The van der Waals surface area contributed by atoms with E-state index >= 15 is 0 Å². The van der Waals surface area contributed by atoms with Crippen LogP contribution in [-0.2, 0) is 23.9 Å². The van der Waals surface area contributed by atoms with Crippen LogP contribution in [0.5, 0.6) is 0 Å². The zero-order chi connectivity index (χ0) is 20.2. The van der Waals surface area contributed by atoms with Gasteiger partial charge in [0.05, 0.1) is 0 Å². The van der Waals surface area contributed by atoms with E-state index in [0.29, 0.717) is 13.1 Å². The molecular weight excluding hydrogens is 334 g/mol. The Balaban J connectivity index is 2.11. The van der Waals surface area contributed by atoms with Crippen molar-refractivity contribution in [1.82, 2.24) is 5.32 Å². The predicted molar refractivity (Wildman–Crippen MR) is 114 cm³/mol. The van der Waals surface area contributed by atoms with E-state index in [1.54, 1.807) is 0 Å². The van der Waals surface area contributed by atoms with Crippen molar-refractivity contribution in [2.45, 2.75) is 65.5 Å². The van der Waals surface area contributed by atoms with Gasteiger partial charge in [0.15, 0.2) is 0 Å². The Hall–Kier alpha value is -2.33. The molecule has 2 rings (SSSR count). The molecule has 4 nitrogen and oxygen atoms in total. The molecule has 4 N–H and O–H groups in total. The fourth-order valence-electron chi connectivity index (χ4n) is 2.72. The van der Waals surface area contributed by atoms with Gasteiger partial charge < -0.3 is 16.4 Å². The summed E-state index contributed by atoms with van der Waals surface area (Å²) in [5.41, 5.74) is 11.0. The van der Waals surface area contributed by atoms with Gasteiger partial charge in [0, 0.05) is 18.8 Å². The van der Waals surface area contributed by atoms with Crippen molar-refractivity contribution in [3.05, 3.63) is 64.7 Å². The minimum absolute atomic E-state index is 0.0128. The van der Waals surface area contributed by atoms with Crippen LogP contribution in [0.4, 0.5) is 10.5 Å². The maximum atomic E-state index is 12.4. The first kappa shape index (κ1) is 21.0. The number of nitrogens with two attached hydrogens (primary N) is 1. The Kier molecular flexibility index (Phi) is 6.32. The number of carbonyl (C=O) groups excluding carboxylic acids is 1. The minimum Gasteiger partial charge on any atom is -0.334 e. The number of anilines is 1. The Labute approximate surface area is 163 Å². The summed E-state index contributed by atoms with van der Waals surface area (Å²) in [5, 5.41) is 5.91. The van der Waals surface area contributed by atoms with Crippen LogP contribution in [0.3, 0.4) is 0 Å². The van der Waals surface area contributed by atoms with Crippen molar-refractivity contribution in [1.29, 1.82) is 0 Å². The molecule has 27 heavy (non-hydrogen) atoms. The maximum Gasteiger partial charge on any atom is 0.319 e. The van der Waals surface area contributed by atoms with Gasteiger partial charge in [0.25, 0.3) is 0 Å². The molecule has 4 heteroatoms. The lowest BCUT2D eigenvalue weighted by molar-refractivity contribution is 0.251. The highest BCUT2D eigenvalue weighted by atomic mass is 16.2. The largest absolute Gasteiger partial charge is 0.334 e. The van der Waals surface area contributed by atoms with Gasteiger partial charge in [0.1, 0.15) is 0 Å². The summed E-state index contributed by atoms with van der Waals surface area (Å²) in [6.07, 6.45) is 0. The van der Waals surface area contributed by atoms with Crippen LogP contribution in [0.15, 0.2) is 42.5 Å². The second-order valence-corrected chi connectivity index (χ2v) is 9.13. The van der Waals surface area contributed by atoms with E-state index < -0.39 is 0 Å². The van der Waals surface area contributed by atoms with E-state index in [9.17, 15) is 4.79 Å². The van der Waals surface area contributed by atoms with Gasteiger partial charge in [-0.15, -0.1) is 0 Å². The monoisotopic (exact) mass is 367 g/mol. The van der Waals surface area contributed by atoms with Crippen LogP contribution in [-0.4, -0.2) is 6.03 Å². The van der Waals surface area contributed by atoms with Crippen LogP contribution in [0.25, 0.3) is 0 Å². The third kappa shape index (κ3) is 6.10. The highest BCUT2D eigenvalue weighted by Gasteiger charge is 2.21. The second kappa shape index (κ2) is 8.13. The summed E-state index contributed by atoms with van der Waals surface area (Å²) >= 11 is 0. The molecule has 0 saturated carbocycles. The fraction of sp³-hybridized carbons (Fsp3) is 0.435. The van der Waals surface area contributed by atoms with Crippen LogP contribution >= 0.6 is 0 Å². The number of carbonyl (C=O) groups is 1. The predicted octanol–water partition coefficient (Wildman–Crippen LogP) is 5.06. The van der Waals surface area contributed by atoms with E-state index in [0.717, 1.165) is 16.8 Å².